The molecular weight excluding hydrogens is 612 g/mol. The van der Waals surface area contributed by atoms with Crippen LogP contribution in [0.25, 0.3) is 0 Å². The molecule has 4 rings (SSSR count). The number of methoxy groups -OCH3 is 1. The summed E-state index contributed by atoms with van der Waals surface area (Å²) in [7, 11) is 1.21. The molecule has 256 valence electrons. The maximum atomic E-state index is 14.2. The van der Waals surface area contributed by atoms with Crippen molar-refractivity contribution in [3.63, 3.8) is 0 Å². The van der Waals surface area contributed by atoms with Crippen molar-refractivity contribution >= 4 is 35.6 Å². The molecule has 47 heavy (non-hydrogen) atoms. The summed E-state index contributed by atoms with van der Waals surface area (Å²) in [4.78, 5) is 78.2. The summed E-state index contributed by atoms with van der Waals surface area (Å²) >= 11 is 0. The quantitative estimate of drug-likeness (QED) is 0.287. The van der Waals surface area contributed by atoms with E-state index in [9.17, 15) is 28.8 Å². The number of carbonyl (C=O) groups excluding carboxylic acids is 6. The molecule has 0 bridgehead atoms. The van der Waals surface area contributed by atoms with E-state index in [0.717, 1.165) is 19.4 Å². The number of rotatable bonds is 8. The summed E-state index contributed by atoms with van der Waals surface area (Å²) in [6, 6.07) is 1.82. The zero-order valence-corrected chi connectivity index (χ0v) is 28.4. The van der Waals surface area contributed by atoms with E-state index < -0.39 is 88.1 Å². The van der Waals surface area contributed by atoms with Crippen molar-refractivity contribution in [1.29, 1.82) is 0 Å². The van der Waals surface area contributed by atoms with E-state index in [-0.39, 0.29) is 12.3 Å². The fourth-order valence-corrected chi connectivity index (χ4v) is 8.73. The topological polar surface area (TPSA) is 162 Å². The van der Waals surface area contributed by atoms with E-state index in [1.165, 1.54) is 21.0 Å². The highest BCUT2D eigenvalue weighted by Gasteiger charge is 2.71. The second-order valence-electron chi connectivity index (χ2n) is 13.7. The van der Waals surface area contributed by atoms with Gasteiger partial charge >= 0.3 is 29.8 Å². The molecule has 12 heteroatoms. The summed E-state index contributed by atoms with van der Waals surface area (Å²) < 4.78 is 34.2. The van der Waals surface area contributed by atoms with E-state index in [0.29, 0.717) is 17.6 Å². The predicted molar refractivity (Wildman–Crippen MR) is 164 cm³/mol. The van der Waals surface area contributed by atoms with Crippen molar-refractivity contribution < 1.29 is 56.9 Å². The van der Waals surface area contributed by atoms with Crippen molar-refractivity contribution in [3.05, 3.63) is 48.0 Å². The monoisotopic (exact) mass is 656 g/mol. The fourth-order valence-electron chi connectivity index (χ4n) is 8.73. The molecule has 12 nitrogen and oxygen atoms in total. The second kappa shape index (κ2) is 12.8. The minimum atomic E-state index is -1.59. The largest absolute Gasteiger partial charge is 0.472 e. The van der Waals surface area contributed by atoms with Gasteiger partial charge in [-0.05, 0) is 35.1 Å². The Labute approximate surface area is 274 Å². The van der Waals surface area contributed by atoms with Gasteiger partial charge in [0.2, 0.25) is 0 Å². The molecule has 0 aliphatic heterocycles. The average Bonchev–Trinajstić information content (AvgIpc) is 3.61. The van der Waals surface area contributed by atoms with Crippen LogP contribution < -0.4 is 0 Å². The smallest absolute Gasteiger partial charge is 0.305 e. The van der Waals surface area contributed by atoms with Crippen molar-refractivity contribution in [2.45, 2.75) is 98.6 Å². The van der Waals surface area contributed by atoms with Gasteiger partial charge in [0.15, 0.2) is 18.0 Å². The van der Waals surface area contributed by atoms with Crippen molar-refractivity contribution in [1.82, 2.24) is 0 Å². The number of esters is 5. The van der Waals surface area contributed by atoms with Crippen LogP contribution in [0.5, 0.6) is 0 Å². The molecule has 1 aromatic heterocycles. The van der Waals surface area contributed by atoms with Crippen LogP contribution in [-0.2, 0) is 52.5 Å². The normalized spacial score (nSPS) is 34.4. The van der Waals surface area contributed by atoms with E-state index in [1.54, 1.807) is 33.3 Å². The fraction of sp³-hybridized carbons (Fsp3) is 0.600. The van der Waals surface area contributed by atoms with Crippen LogP contribution in [0.4, 0.5) is 0 Å². The Kier molecular flexibility index (Phi) is 9.68. The SMILES string of the molecule is C=C1C2=CC[C@@H](c3ccoc3)[C@]2(C)[C@@H](OC(C)=O)[C@@H](OC(C)=O)[C@@H]1[C@]1(C)C(CC(=O)OC)C(C)(C)C(=O)[C@H](OC(C)=O)[C@@H]1OC(C)=O. The van der Waals surface area contributed by atoms with Crippen molar-refractivity contribution in [3.8, 4) is 0 Å². The first kappa shape index (κ1) is 35.6. The average molecular weight is 657 g/mol. The number of fused-ring (bicyclic) bond motifs is 1. The highest BCUT2D eigenvalue weighted by Crippen LogP contribution is 2.67. The Balaban J connectivity index is 2.08. The van der Waals surface area contributed by atoms with Gasteiger partial charge in [0, 0.05) is 62.2 Å². The van der Waals surface area contributed by atoms with E-state index in [1.807, 2.05) is 19.1 Å². The van der Waals surface area contributed by atoms with Crippen LogP contribution in [0.3, 0.4) is 0 Å². The number of carbonyl (C=O) groups is 6. The van der Waals surface area contributed by atoms with Gasteiger partial charge < -0.3 is 28.1 Å². The molecule has 3 aliphatic carbocycles. The van der Waals surface area contributed by atoms with Crippen molar-refractivity contribution in [2.75, 3.05) is 7.11 Å². The summed E-state index contributed by atoms with van der Waals surface area (Å²) in [6.07, 6.45) is -0.137. The number of hydrogen-bond donors (Lipinski definition) is 0. The first-order chi connectivity index (χ1) is 21.8. The molecule has 1 heterocycles. The van der Waals surface area contributed by atoms with E-state index >= 15 is 0 Å². The van der Waals surface area contributed by atoms with Gasteiger partial charge in [-0.3, -0.25) is 28.8 Å². The van der Waals surface area contributed by atoms with Crippen molar-refractivity contribution in [2.24, 2.45) is 28.1 Å². The molecular formula is C35H44O12. The highest BCUT2D eigenvalue weighted by molar-refractivity contribution is 5.93. The lowest BCUT2D eigenvalue weighted by Gasteiger charge is -2.62. The Morgan fingerprint density at radius 1 is 0.894 bits per heavy atom. The van der Waals surface area contributed by atoms with Crippen LogP contribution in [-0.4, -0.2) is 67.2 Å². The van der Waals surface area contributed by atoms with Gasteiger partial charge in [-0.15, -0.1) is 0 Å². The van der Waals surface area contributed by atoms with Gasteiger partial charge in [0.25, 0.3) is 0 Å². The first-order valence-corrected chi connectivity index (χ1v) is 15.5. The minimum absolute atomic E-state index is 0.280. The lowest BCUT2D eigenvalue weighted by molar-refractivity contribution is -0.232. The number of Topliss-reactive ketones (excluding diaryl/α,β-unsaturated/α-hetero) is 1. The third kappa shape index (κ3) is 5.91. The molecule has 3 aliphatic rings. The Hall–Kier alpha value is -4.22. The van der Waals surface area contributed by atoms with E-state index in [2.05, 4.69) is 6.58 Å². The number of ketones is 1. The number of hydrogen-bond acceptors (Lipinski definition) is 12. The Morgan fingerprint density at radius 3 is 1.98 bits per heavy atom. The second-order valence-corrected chi connectivity index (χ2v) is 13.7. The maximum absolute atomic E-state index is 14.2. The van der Waals surface area contributed by atoms with Crippen LogP contribution in [0.2, 0.25) is 0 Å². The molecule has 0 spiro atoms. The van der Waals surface area contributed by atoms with Gasteiger partial charge in [-0.2, -0.15) is 0 Å². The number of furan rings is 1. The van der Waals surface area contributed by atoms with Crippen LogP contribution >= 0.6 is 0 Å². The summed E-state index contributed by atoms with van der Waals surface area (Å²) in [5.41, 5.74) is -1.89. The zero-order valence-electron chi connectivity index (χ0n) is 28.4. The summed E-state index contributed by atoms with van der Waals surface area (Å²) in [5, 5.41) is 0. The van der Waals surface area contributed by atoms with Crippen LogP contribution in [0.15, 0.2) is 46.8 Å². The highest BCUT2D eigenvalue weighted by atomic mass is 16.6. The minimum Gasteiger partial charge on any atom is -0.472 e. The molecule has 9 atom stereocenters. The molecule has 2 saturated carbocycles. The molecule has 0 saturated heterocycles. The Morgan fingerprint density at radius 2 is 1.47 bits per heavy atom. The molecule has 1 aromatic rings. The summed E-state index contributed by atoms with van der Waals surface area (Å²) in [6.45, 7) is 16.1. The summed E-state index contributed by atoms with van der Waals surface area (Å²) in [5.74, 6) is -6.41. The zero-order chi connectivity index (χ0) is 35.2. The number of allylic oxidation sites excluding steroid dienone is 1. The third-order valence-electron chi connectivity index (χ3n) is 10.6. The van der Waals surface area contributed by atoms with Gasteiger partial charge in [-0.25, -0.2) is 0 Å². The first-order valence-electron chi connectivity index (χ1n) is 15.5. The van der Waals surface area contributed by atoms with Crippen LogP contribution in [0.1, 0.15) is 79.7 Å². The Bertz CT molecular complexity index is 1500. The van der Waals surface area contributed by atoms with Gasteiger partial charge in [0.05, 0.1) is 19.6 Å². The molecule has 0 amide bonds. The molecule has 2 fully saturated rings. The van der Waals surface area contributed by atoms with Crippen LogP contribution in [0, 0.1) is 28.1 Å². The van der Waals surface area contributed by atoms with E-state index in [4.69, 9.17) is 28.1 Å². The standard InChI is InChI=1S/C35H44O12/c1-17-23-11-12-24(22-13-14-43-16-22)34(23,8)31(46-20(4)38)28(44-18(2)36)27(17)35(9)25(15-26(40)42-10)33(6,7)30(41)29(45-19(3)37)32(35)47-21(5)39/h11,13-14,16,24-25,27-29,31-32H,1,12,15H2,2-10H3/t24-,25?,27+,28-,29-,31-,32-,34+,35-/m0/s1. The lowest BCUT2D eigenvalue weighted by Crippen LogP contribution is -2.70. The number of ether oxygens (including phenoxy) is 5. The van der Waals surface area contributed by atoms with Gasteiger partial charge in [0.1, 0.15) is 12.2 Å². The lowest BCUT2D eigenvalue weighted by atomic mass is 9.44. The third-order valence-corrected chi connectivity index (χ3v) is 10.6. The molecule has 0 radical (unpaired) electrons. The van der Waals surface area contributed by atoms with Gasteiger partial charge in [-0.1, -0.05) is 40.3 Å². The molecule has 1 unspecified atom stereocenters. The predicted octanol–water partition coefficient (Wildman–Crippen LogP) is 4.41. The molecule has 0 N–H and O–H groups in total. The maximum Gasteiger partial charge on any atom is 0.305 e. The molecule has 0 aromatic carbocycles.